The summed E-state index contributed by atoms with van der Waals surface area (Å²) in [6.45, 7) is 25.1. The van der Waals surface area contributed by atoms with Gasteiger partial charge in [0.1, 0.15) is 11.9 Å². The van der Waals surface area contributed by atoms with Gasteiger partial charge in [-0.25, -0.2) is 0 Å². The van der Waals surface area contributed by atoms with Crippen molar-refractivity contribution in [2.75, 3.05) is 19.4 Å². The lowest BCUT2D eigenvalue weighted by atomic mass is 9.65. The Kier molecular flexibility index (Phi) is 13.7. The number of allylic oxidation sites excluding steroid dienone is 3. The van der Waals surface area contributed by atoms with Gasteiger partial charge in [0.15, 0.2) is 8.32 Å². The van der Waals surface area contributed by atoms with E-state index in [1.807, 2.05) is 20.8 Å². The van der Waals surface area contributed by atoms with Crippen LogP contribution in [0.1, 0.15) is 101 Å². The zero-order valence-electron chi connectivity index (χ0n) is 29.2. The van der Waals surface area contributed by atoms with Crippen LogP contribution in [0.25, 0.3) is 0 Å². The maximum absolute atomic E-state index is 13.6. The lowest BCUT2D eigenvalue weighted by Gasteiger charge is -2.43. The van der Waals surface area contributed by atoms with Crippen LogP contribution in [-0.4, -0.2) is 51.7 Å². The Morgan fingerprint density at radius 3 is 2.19 bits per heavy atom. The molecule has 2 aliphatic carbocycles. The van der Waals surface area contributed by atoms with Gasteiger partial charge in [-0.2, -0.15) is 0 Å². The molecule has 9 heteroatoms. The molecule has 0 heterocycles. The second kappa shape index (κ2) is 15.5. The maximum Gasteiger partial charge on any atom is 0.333 e. The van der Waals surface area contributed by atoms with Crippen LogP contribution in [0.2, 0.25) is 18.1 Å². The number of carbonyl (C=O) groups is 2. The van der Waals surface area contributed by atoms with Gasteiger partial charge in [0.05, 0.1) is 30.9 Å². The SMILES string of the molecule is CCOP(=O)(C[C@@H](CC(=O)CC[C@@H]1[C@@H]2C(=C[C@H](C)C[C@@H]2OC(=O)C(C)(C)CC)C=C[C@@H]1C)O[Si](C)(C)C(C)(C)C)OCC. The number of ketones is 1. The second-order valence-electron chi connectivity index (χ2n) is 14.9. The van der Waals surface area contributed by atoms with Crippen molar-refractivity contribution in [2.45, 2.75) is 132 Å². The predicted octanol–water partition coefficient (Wildman–Crippen LogP) is 9.13. The van der Waals surface area contributed by atoms with Gasteiger partial charge < -0.3 is 18.2 Å². The molecule has 0 aromatic rings. The zero-order valence-corrected chi connectivity index (χ0v) is 31.1. The van der Waals surface area contributed by atoms with Crippen molar-refractivity contribution in [3.05, 3.63) is 23.8 Å². The number of hydrogen-bond acceptors (Lipinski definition) is 7. The fourth-order valence-corrected chi connectivity index (χ4v) is 9.14. The Morgan fingerprint density at radius 1 is 1.05 bits per heavy atom. The first-order chi connectivity index (χ1) is 19.8. The van der Waals surface area contributed by atoms with E-state index >= 15 is 0 Å². The summed E-state index contributed by atoms with van der Waals surface area (Å²) in [5.41, 5.74) is 0.684. The Hall–Kier alpha value is -1.05. The van der Waals surface area contributed by atoms with Crippen LogP contribution in [-0.2, 0) is 32.4 Å². The predicted molar refractivity (Wildman–Crippen MR) is 178 cm³/mol. The van der Waals surface area contributed by atoms with Gasteiger partial charge in [0.2, 0.25) is 0 Å². The molecular formula is C34H61O7PSi. The fourth-order valence-electron chi connectivity index (χ4n) is 5.87. The van der Waals surface area contributed by atoms with E-state index in [-0.39, 0.29) is 66.4 Å². The van der Waals surface area contributed by atoms with E-state index in [1.54, 1.807) is 13.8 Å². The molecule has 0 spiro atoms. The maximum atomic E-state index is 13.6. The molecule has 0 aliphatic heterocycles. The van der Waals surface area contributed by atoms with Crippen LogP contribution in [0, 0.1) is 29.1 Å². The van der Waals surface area contributed by atoms with E-state index < -0.39 is 27.4 Å². The first-order valence-corrected chi connectivity index (χ1v) is 21.1. The highest BCUT2D eigenvalue weighted by Crippen LogP contribution is 2.51. The van der Waals surface area contributed by atoms with Gasteiger partial charge in [0, 0.05) is 18.8 Å². The number of Topliss-reactive ketones (excluding diaryl/α,β-unsaturated/α-hetero) is 1. The quantitative estimate of drug-likeness (QED) is 0.0944. The van der Waals surface area contributed by atoms with E-state index in [2.05, 4.69) is 65.9 Å². The highest BCUT2D eigenvalue weighted by Gasteiger charge is 2.44. The van der Waals surface area contributed by atoms with E-state index in [1.165, 1.54) is 5.57 Å². The van der Waals surface area contributed by atoms with E-state index in [0.717, 1.165) is 6.42 Å². The van der Waals surface area contributed by atoms with Crippen LogP contribution in [0.5, 0.6) is 0 Å². The van der Waals surface area contributed by atoms with E-state index in [9.17, 15) is 14.2 Å². The number of ether oxygens (including phenoxy) is 1. The van der Waals surface area contributed by atoms with Crippen LogP contribution in [0.3, 0.4) is 0 Å². The smallest absolute Gasteiger partial charge is 0.333 e. The zero-order chi connectivity index (χ0) is 32.8. The van der Waals surface area contributed by atoms with Crippen molar-refractivity contribution in [3.63, 3.8) is 0 Å². The molecular weight excluding hydrogens is 579 g/mol. The first kappa shape index (κ1) is 38.1. The molecule has 6 atom stereocenters. The minimum Gasteiger partial charge on any atom is -0.461 e. The summed E-state index contributed by atoms with van der Waals surface area (Å²) in [5, 5.41) is -0.0704. The number of hydrogen-bond donors (Lipinski definition) is 0. The first-order valence-electron chi connectivity index (χ1n) is 16.5. The van der Waals surface area contributed by atoms with Crippen molar-refractivity contribution in [2.24, 2.45) is 29.1 Å². The normalized spacial score (nSPS) is 25.6. The Labute approximate surface area is 263 Å². The molecule has 0 aromatic heterocycles. The third kappa shape index (κ3) is 10.5. The molecule has 0 saturated heterocycles. The Balaban J connectivity index is 2.26. The van der Waals surface area contributed by atoms with Crippen LogP contribution >= 0.6 is 7.60 Å². The van der Waals surface area contributed by atoms with Crippen molar-refractivity contribution < 1.29 is 32.4 Å². The van der Waals surface area contributed by atoms with Crippen LogP contribution in [0.4, 0.5) is 0 Å². The van der Waals surface area contributed by atoms with Crippen molar-refractivity contribution in [1.82, 2.24) is 0 Å². The number of rotatable bonds is 16. The highest BCUT2D eigenvalue weighted by atomic mass is 31.2. The standard InChI is InChI=1S/C34H61O7PSi/c1-13-34(9,10)32(36)40-30-21-24(4)20-26-17-16-25(5)29(31(26)30)19-18-27(35)22-28(41-43(11,12)33(6,7)8)23-42(37,38-14-2)39-15-3/h16-17,20,24-25,28-31H,13-15,18-19,21-23H2,1-12H3/t24-,25-,28+,29-,30-,31-/m0/s1. The molecule has 7 nitrogen and oxygen atoms in total. The Morgan fingerprint density at radius 2 is 1.65 bits per heavy atom. The topological polar surface area (TPSA) is 88.1 Å². The summed E-state index contributed by atoms with van der Waals surface area (Å²) in [6.07, 6.45) is 8.78. The van der Waals surface area contributed by atoms with Gasteiger partial charge in [-0.3, -0.25) is 14.2 Å². The summed E-state index contributed by atoms with van der Waals surface area (Å²) >= 11 is 0. The Bertz CT molecular complexity index is 1050. The number of fused-ring (bicyclic) bond motifs is 1. The van der Waals surface area contributed by atoms with Gasteiger partial charge in [-0.05, 0) is 88.4 Å². The molecule has 0 saturated carbocycles. The molecule has 0 unspecified atom stereocenters. The molecule has 0 bridgehead atoms. The molecule has 0 aromatic carbocycles. The fraction of sp³-hybridized carbons (Fsp3) is 0.824. The lowest BCUT2D eigenvalue weighted by Crippen LogP contribution is -2.45. The molecule has 2 aliphatic rings. The van der Waals surface area contributed by atoms with Gasteiger partial charge in [-0.1, -0.05) is 59.8 Å². The van der Waals surface area contributed by atoms with Crippen LogP contribution in [0.15, 0.2) is 23.8 Å². The third-order valence-electron chi connectivity index (χ3n) is 9.85. The molecule has 0 N–H and O–H groups in total. The summed E-state index contributed by atoms with van der Waals surface area (Å²) in [7, 11) is -5.68. The van der Waals surface area contributed by atoms with Gasteiger partial charge in [-0.15, -0.1) is 0 Å². The van der Waals surface area contributed by atoms with E-state index in [0.29, 0.717) is 25.2 Å². The average molecular weight is 641 g/mol. The molecule has 0 fully saturated rings. The van der Waals surface area contributed by atoms with Gasteiger partial charge >= 0.3 is 13.6 Å². The molecule has 248 valence electrons. The minimum atomic E-state index is -3.41. The monoisotopic (exact) mass is 640 g/mol. The van der Waals surface area contributed by atoms with Crippen molar-refractivity contribution in [3.8, 4) is 0 Å². The largest absolute Gasteiger partial charge is 0.461 e. The summed E-state index contributed by atoms with van der Waals surface area (Å²) < 4.78 is 37.6. The third-order valence-corrected chi connectivity index (χ3v) is 16.5. The number of carbonyl (C=O) groups excluding carboxylic acids is 2. The average Bonchev–Trinajstić information content (AvgIpc) is 2.87. The highest BCUT2D eigenvalue weighted by molar-refractivity contribution is 7.53. The summed E-state index contributed by atoms with van der Waals surface area (Å²) in [4.78, 5) is 26.8. The van der Waals surface area contributed by atoms with Gasteiger partial charge in [0.25, 0.3) is 0 Å². The van der Waals surface area contributed by atoms with Crippen molar-refractivity contribution in [1.29, 1.82) is 0 Å². The van der Waals surface area contributed by atoms with Crippen LogP contribution < -0.4 is 0 Å². The second-order valence-corrected chi connectivity index (χ2v) is 21.7. The number of esters is 1. The molecule has 0 amide bonds. The molecule has 43 heavy (non-hydrogen) atoms. The van der Waals surface area contributed by atoms with Crippen molar-refractivity contribution >= 4 is 27.7 Å². The molecule has 2 rings (SSSR count). The minimum absolute atomic E-state index is 0.0636. The lowest BCUT2D eigenvalue weighted by molar-refractivity contribution is -0.164. The summed E-state index contributed by atoms with van der Waals surface area (Å²) in [6, 6.07) is 0. The summed E-state index contributed by atoms with van der Waals surface area (Å²) in [5.74, 6) is 0.737. The molecule has 0 radical (unpaired) electrons. The van der Waals surface area contributed by atoms with E-state index in [4.69, 9.17) is 18.2 Å².